The van der Waals surface area contributed by atoms with Gasteiger partial charge < -0.3 is 19.5 Å². The predicted octanol–water partition coefficient (Wildman–Crippen LogP) is 3.46. The average Bonchev–Trinajstić information content (AvgIpc) is 3.01. The molecule has 0 aliphatic carbocycles. The van der Waals surface area contributed by atoms with Gasteiger partial charge in [-0.3, -0.25) is 14.6 Å². The van der Waals surface area contributed by atoms with Crippen LogP contribution in [0.3, 0.4) is 0 Å². The number of ketones is 1. The summed E-state index contributed by atoms with van der Waals surface area (Å²) >= 11 is 0. The molecule has 2 heterocycles. The Bertz CT molecular complexity index is 1010. The molecule has 0 radical (unpaired) electrons. The van der Waals surface area contributed by atoms with Crippen molar-refractivity contribution in [3.8, 4) is 5.75 Å². The first-order valence-electron chi connectivity index (χ1n) is 10.1. The van der Waals surface area contributed by atoms with Crippen molar-refractivity contribution < 1.29 is 24.2 Å². The second-order valence-corrected chi connectivity index (χ2v) is 8.40. The highest BCUT2D eigenvalue weighted by molar-refractivity contribution is 6.46. The number of pyridine rings is 1. The van der Waals surface area contributed by atoms with Gasteiger partial charge in [-0.25, -0.2) is 0 Å². The molecule has 1 fully saturated rings. The van der Waals surface area contributed by atoms with Gasteiger partial charge in [0.15, 0.2) is 0 Å². The average molecular weight is 424 g/mol. The van der Waals surface area contributed by atoms with Gasteiger partial charge in [0.1, 0.15) is 17.6 Å². The number of likely N-dealkylation sites (tertiary alicyclic amines) is 1. The van der Waals surface area contributed by atoms with Crippen LogP contribution >= 0.6 is 0 Å². The maximum Gasteiger partial charge on any atom is 0.295 e. The molecule has 0 saturated carbocycles. The lowest BCUT2D eigenvalue weighted by Gasteiger charge is -2.25. The Labute approximate surface area is 182 Å². The summed E-state index contributed by atoms with van der Waals surface area (Å²) in [5.74, 6) is -0.968. The number of hydrogen-bond donors (Lipinski definition) is 1. The van der Waals surface area contributed by atoms with E-state index in [4.69, 9.17) is 9.47 Å². The van der Waals surface area contributed by atoms with Crippen LogP contribution in [0.4, 0.5) is 0 Å². The number of aliphatic hydroxyl groups is 1. The van der Waals surface area contributed by atoms with Crippen molar-refractivity contribution in [3.63, 3.8) is 0 Å². The molecule has 1 aromatic carbocycles. The van der Waals surface area contributed by atoms with E-state index in [9.17, 15) is 14.7 Å². The lowest BCUT2D eigenvalue weighted by atomic mass is 9.84. The molecule has 7 nitrogen and oxygen atoms in total. The highest BCUT2D eigenvalue weighted by Gasteiger charge is 2.46. The van der Waals surface area contributed by atoms with Crippen molar-refractivity contribution in [2.75, 3.05) is 27.4 Å². The SMILES string of the molecule is COCCN1C(=O)C(=O)/C(=C(\O)c2ccc(OC)c(C(C)(C)C)c2)C1c1ccccn1. The normalized spacial score (nSPS) is 18.5. The van der Waals surface area contributed by atoms with E-state index in [1.807, 2.05) is 20.8 Å². The van der Waals surface area contributed by atoms with Crippen LogP contribution in [-0.2, 0) is 19.7 Å². The summed E-state index contributed by atoms with van der Waals surface area (Å²) in [4.78, 5) is 31.5. The van der Waals surface area contributed by atoms with Crippen LogP contribution < -0.4 is 4.74 Å². The Kier molecular flexibility index (Phi) is 6.45. The molecule has 1 unspecified atom stereocenters. The zero-order valence-corrected chi connectivity index (χ0v) is 18.5. The second-order valence-electron chi connectivity index (χ2n) is 8.40. The van der Waals surface area contributed by atoms with Crippen LogP contribution in [0.2, 0.25) is 0 Å². The summed E-state index contributed by atoms with van der Waals surface area (Å²) in [7, 11) is 3.12. The minimum Gasteiger partial charge on any atom is -0.507 e. The van der Waals surface area contributed by atoms with Crippen molar-refractivity contribution in [1.29, 1.82) is 0 Å². The lowest BCUT2D eigenvalue weighted by Crippen LogP contribution is -2.33. The molecule has 0 bridgehead atoms. The van der Waals surface area contributed by atoms with Gasteiger partial charge >= 0.3 is 0 Å². The molecule has 1 saturated heterocycles. The van der Waals surface area contributed by atoms with Crippen LogP contribution in [0.1, 0.15) is 43.6 Å². The van der Waals surface area contributed by atoms with Crippen molar-refractivity contribution in [2.45, 2.75) is 32.2 Å². The lowest BCUT2D eigenvalue weighted by molar-refractivity contribution is -0.140. The van der Waals surface area contributed by atoms with Crippen molar-refractivity contribution in [3.05, 3.63) is 65.0 Å². The molecule has 3 rings (SSSR count). The smallest absolute Gasteiger partial charge is 0.295 e. The fourth-order valence-electron chi connectivity index (χ4n) is 3.74. The highest BCUT2D eigenvalue weighted by atomic mass is 16.5. The number of benzene rings is 1. The number of nitrogens with zero attached hydrogens (tertiary/aromatic N) is 2. The van der Waals surface area contributed by atoms with Gasteiger partial charge in [-0.2, -0.15) is 0 Å². The van der Waals surface area contributed by atoms with E-state index >= 15 is 0 Å². The van der Waals surface area contributed by atoms with Gasteiger partial charge in [-0.05, 0) is 35.7 Å². The number of rotatable bonds is 6. The standard InChI is InChI=1S/C24H28N2O5/c1-24(2,3)16-14-15(9-10-18(16)31-5)21(27)19-20(17-8-6-7-11-25-17)26(12-13-30-4)23(29)22(19)28/h6-11,14,20,27H,12-13H2,1-5H3/b21-19-. The number of methoxy groups -OCH3 is 2. The summed E-state index contributed by atoms with van der Waals surface area (Å²) in [6.07, 6.45) is 1.59. The summed E-state index contributed by atoms with van der Waals surface area (Å²) in [6.45, 7) is 6.56. The zero-order valence-electron chi connectivity index (χ0n) is 18.5. The zero-order chi connectivity index (χ0) is 22.8. The number of hydrogen-bond acceptors (Lipinski definition) is 6. The molecule has 1 N–H and O–H groups in total. The molecule has 1 aliphatic heterocycles. The van der Waals surface area contributed by atoms with E-state index in [2.05, 4.69) is 4.98 Å². The van der Waals surface area contributed by atoms with Gasteiger partial charge in [0.2, 0.25) is 0 Å². The fraction of sp³-hybridized carbons (Fsp3) is 0.375. The molecule has 2 aromatic rings. The van der Waals surface area contributed by atoms with Crippen molar-refractivity contribution in [2.24, 2.45) is 0 Å². The van der Waals surface area contributed by atoms with Crippen LogP contribution in [-0.4, -0.2) is 54.1 Å². The predicted molar refractivity (Wildman–Crippen MR) is 117 cm³/mol. The monoisotopic (exact) mass is 424 g/mol. The third kappa shape index (κ3) is 4.32. The van der Waals surface area contributed by atoms with Gasteiger partial charge in [-0.15, -0.1) is 0 Å². The van der Waals surface area contributed by atoms with E-state index in [1.54, 1.807) is 49.7 Å². The Morgan fingerprint density at radius 2 is 1.90 bits per heavy atom. The van der Waals surface area contributed by atoms with E-state index in [0.29, 0.717) is 17.0 Å². The van der Waals surface area contributed by atoms with E-state index in [1.165, 1.54) is 12.0 Å². The first kappa shape index (κ1) is 22.5. The fourth-order valence-corrected chi connectivity index (χ4v) is 3.74. The summed E-state index contributed by atoms with van der Waals surface area (Å²) in [6, 6.07) is 9.71. The first-order chi connectivity index (χ1) is 14.7. The van der Waals surface area contributed by atoms with E-state index < -0.39 is 17.7 Å². The number of carbonyl (C=O) groups is 2. The number of Topliss-reactive ketones (excluding diaryl/α,β-unsaturated/α-hetero) is 1. The molecular weight excluding hydrogens is 396 g/mol. The number of aliphatic hydroxyl groups excluding tert-OH is 1. The highest BCUT2D eigenvalue weighted by Crippen LogP contribution is 2.40. The topological polar surface area (TPSA) is 89.0 Å². The Hall–Kier alpha value is -3.19. The quantitative estimate of drug-likeness (QED) is 0.434. The summed E-state index contributed by atoms with van der Waals surface area (Å²) < 4.78 is 10.6. The minimum absolute atomic E-state index is 0.0184. The third-order valence-electron chi connectivity index (χ3n) is 5.33. The van der Waals surface area contributed by atoms with Gasteiger partial charge in [-0.1, -0.05) is 26.8 Å². The number of aromatic nitrogens is 1. The molecular formula is C24H28N2O5. The van der Waals surface area contributed by atoms with Crippen LogP contribution in [0.15, 0.2) is 48.2 Å². The molecule has 0 spiro atoms. The van der Waals surface area contributed by atoms with Crippen LogP contribution in [0.5, 0.6) is 5.75 Å². The summed E-state index contributed by atoms with van der Waals surface area (Å²) in [5, 5.41) is 11.2. The Balaban J connectivity index is 2.19. The molecule has 7 heteroatoms. The molecule has 1 aromatic heterocycles. The molecule has 164 valence electrons. The van der Waals surface area contributed by atoms with Crippen molar-refractivity contribution in [1.82, 2.24) is 9.88 Å². The number of carbonyl (C=O) groups excluding carboxylic acids is 2. The maximum atomic E-state index is 13.0. The molecule has 1 aliphatic rings. The first-order valence-corrected chi connectivity index (χ1v) is 10.1. The Morgan fingerprint density at radius 1 is 1.16 bits per heavy atom. The van der Waals surface area contributed by atoms with E-state index in [-0.39, 0.29) is 29.9 Å². The van der Waals surface area contributed by atoms with Gasteiger partial charge in [0.25, 0.3) is 11.7 Å². The third-order valence-corrected chi connectivity index (χ3v) is 5.33. The van der Waals surface area contributed by atoms with E-state index in [0.717, 1.165) is 5.56 Å². The molecule has 1 amide bonds. The Morgan fingerprint density at radius 3 is 2.48 bits per heavy atom. The van der Waals surface area contributed by atoms with Gasteiger partial charge in [0, 0.05) is 31.0 Å². The largest absolute Gasteiger partial charge is 0.507 e. The minimum atomic E-state index is -0.795. The van der Waals surface area contributed by atoms with Crippen LogP contribution in [0.25, 0.3) is 5.76 Å². The number of amides is 1. The molecule has 31 heavy (non-hydrogen) atoms. The van der Waals surface area contributed by atoms with Crippen LogP contribution in [0, 0.1) is 0 Å². The second kappa shape index (κ2) is 8.89. The van der Waals surface area contributed by atoms with Crippen molar-refractivity contribution >= 4 is 17.4 Å². The summed E-state index contributed by atoms with van der Waals surface area (Å²) in [5.41, 5.74) is 1.58. The van der Waals surface area contributed by atoms with Gasteiger partial charge in [0.05, 0.1) is 25.0 Å². The molecule has 1 atom stereocenters. The number of ether oxygens (including phenoxy) is 2. The maximum absolute atomic E-state index is 13.0.